The molecule has 0 saturated carbocycles. The molecule has 2 rings (SSSR count). The van der Waals surface area contributed by atoms with Gasteiger partial charge in [0.15, 0.2) is 0 Å². The summed E-state index contributed by atoms with van der Waals surface area (Å²) in [6.07, 6.45) is 0. The molecule has 0 spiro atoms. The summed E-state index contributed by atoms with van der Waals surface area (Å²) in [5.74, 6) is 0. The summed E-state index contributed by atoms with van der Waals surface area (Å²) in [4.78, 5) is 0.661. The molecule has 0 bridgehead atoms. The summed E-state index contributed by atoms with van der Waals surface area (Å²) in [6, 6.07) is 2.25. The fourth-order valence-electron chi connectivity index (χ4n) is 0.822. The predicted octanol–water partition coefficient (Wildman–Crippen LogP) is 4.18. The molecule has 0 fully saturated rings. The van der Waals surface area contributed by atoms with Crippen LogP contribution in [0.1, 0.15) is 6.85 Å². The third-order valence-electron chi connectivity index (χ3n) is 1.32. The van der Waals surface area contributed by atoms with Gasteiger partial charge >= 0.3 is 0 Å². The first-order valence-electron chi connectivity index (χ1n) is 5.76. The molecule has 2 aromatic rings. The van der Waals surface area contributed by atoms with Gasteiger partial charge in [0.2, 0.25) is 0 Å². The molecule has 0 radical (unpaired) electrons. The molecule has 0 unspecified atom stereocenters. The average molecular weight is 244 g/mol. The minimum absolute atomic E-state index is 0.162. The fraction of sp³-hybridized carbons (Fsp3) is 0. The van der Waals surface area contributed by atoms with E-state index in [2.05, 4.69) is 15.9 Å². The lowest BCUT2D eigenvalue weighted by Crippen LogP contribution is -1.67. The van der Waals surface area contributed by atoms with E-state index in [1.54, 1.807) is 12.1 Å². The van der Waals surface area contributed by atoms with Gasteiger partial charge in [0.25, 0.3) is 0 Å². The maximum atomic E-state index is 7.80. The van der Waals surface area contributed by atoms with Crippen molar-refractivity contribution in [3.63, 3.8) is 0 Å². The van der Waals surface area contributed by atoms with Gasteiger partial charge in [-0.05, 0) is 33.6 Å². The van der Waals surface area contributed by atoms with Gasteiger partial charge in [-0.1, -0.05) is 30.2 Å². The standard InChI is InChI=1S/C10H7BrS/c11-10-7-6-9(12-10)8-4-2-1-3-5-8/h1-7H/i1D,2D,3D,4D,5D. The highest BCUT2D eigenvalue weighted by molar-refractivity contribution is 9.11. The van der Waals surface area contributed by atoms with Crippen LogP contribution in [-0.4, -0.2) is 0 Å². The number of thiophene rings is 1. The monoisotopic (exact) mass is 243 g/mol. The number of rotatable bonds is 1. The molecule has 0 atom stereocenters. The van der Waals surface area contributed by atoms with Gasteiger partial charge in [-0.2, -0.15) is 0 Å². The van der Waals surface area contributed by atoms with Crippen LogP contribution in [0.4, 0.5) is 0 Å². The average Bonchev–Trinajstić information content (AvgIpc) is 2.71. The van der Waals surface area contributed by atoms with E-state index in [4.69, 9.17) is 6.85 Å². The molecule has 1 aromatic carbocycles. The van der Waals surface area contributed by atoms with E-state index in [0.717, 1.165) is 3.79 Å². The lowest BCUT2D eigenvalue weighted by atomic mass is 10.2. The summed E-state index contributed by atoms with van der Waals surface area (Å²) >= 11 is 4.64. The summed E-state index contributed by atoms with van der Waals surface area (Å²) < 4.78 is 39.1. The maximum absolute atomic E-state index is 7.80. The highest BCUT2D eigenvalue weighted by Crippen LogP contribution is 2.30. The Bertz CT molecular complexity index is 564. The van der Waals surface area contributed by atoms with E-state index >= 15 is 0 Å². The summed E-state index contributed by atoms with van der Waals surface area (Å²) in [6.45, 7) is 0. The van der Waals surface area contributed by atoms with Crippen LogP contribution in [0.15, 0.2) is 46.1 Å². The summed E-state index contributed by atoms with van der Waals surface area (Å²) in [5.41, 5.74) is 0.256. The Hall–Kier alpha value is -0.600. The van der Waals surface area contributed by atoms with Gasteiger partial charge in [0.1, 0.15) is 0 Å². The number of benzene rings is 1. The lowest BCUT2D eigenvalue weighted by molar-refractivity contribution is 1.70. The molecular weight excluding hydrogens is 232 g/mol. The first kappa shape index (κ1) is 4.07. The highest BCUT2D eigenvalue weighted by atomic mass is 79.9. The summed E-state index contributed by atoms with van der Waals surface area (Å²) in [7, 11) is 0. The Morgan fingerprint density at radius 2 is 1.92 bits per heavy atom. The van der Waals surface area contributed by atoms with Crippen LogP contribution in [0.5, 0.6) is 0 Å². The van der Waals surface area contributed by atoms with Crippen molar-refractivity contribution in [3.05, 3.63) is 46.1 Å². The lowest BCUT2D eigenvalue weighted by Gasteiger charge is -1.93. The van der Waals surface area contributed by atoms with Crippen LogP contribution < -0.4 is 0 Å². The van der Waals surface area contributed by atoms with E-state index in [-0.39, 0.29) is 35.8 Å². The maximum Gasteiger partial charge on any atom is 0.0705 e. The Morgan fingerprint density at radius 1 is 1.17 bits per heavy atom. The zero-order chi connectivity index (χ0) is 12.7. The van der Waals surface area contributed by atoms with Crippen molar-refractivity contribution in [2.45, 2.75) is 0 Å². The van der Waals surface area contributed by atoms with Gasteiger partial charge < -0.3 is 0 Å². The van der Waals surface area contributed by atoms with Crippen molar-refractivity contribution in [2.75, 3.05) is 0 Å². The molecule has 0 saturated heterocycles. The normalized spacial score (nSPS) is 15.9. The number of hydrogen-bond acceptors (Lipinski definition) is 1. The third kappa shape index (κ3) is 1.59. The second-order valence-corrected chi connectivity index (χ2v) is 4.57. The number of halogens is 1. The molecule has 1 heterocycles. The van der Waals surface area contributed by atoms with Crippen LogP contribution in [0.3, 0.4) is 0 Å². The van der Waals surface area contributed by atoms with Crippen LogP contribution in [0, 0.1) is 0 Å². The Kier molecular flexibility index (Phi) is 1.16. The summed E-state index contributed by atoms with van der Waals surface area (Å²) in [5, 5.41) is 0. The molecule has 0 aliphatic heterocycles. The van der Waals surface area contributed by atoms with Crippen LogP contribution in [0.2, 0.25) is 0 Å². The van der Waals surface area contributed by atoms with E-state index in [1.165, 1.54) is 11.3 Å². The fourth-order valence-corrected chi connectivity index (χ4v) is 2.16. The second kappa shape index (κ2) is 3.42. The highest BCUT2D eigenvalue weighted by Gasteiger charge is 1.98. The zero-order valence-electron chi connectivity index (χ0n) is 10.9. The number of hydrogen-bond donors (Lipinski definition) is 0. The predicted molar refractivity (Wildman–Crippen MR) is 57.5 cm³/mol. The van der Waals surface area contributed by atoms with E-state index in [9.17, 15) is 0 Å². The smallest absolute Gasteiger partial charge is 0.0705 e. The third-order valence-corrected chi connectivity index (χ3v) is 2.96. The van der Waals surface area contributed by atoms with Crippen LogP contribution in [-0.2, 0) is 0 Å². The van der Waals surface area contributed by atoms with Crippen molar-refractivity contribution in [1.82, 2.24) is 0 Å². The zero-order valence-corrected chi connectivity index (χ0v) is 8.34. The molecule has 0 aliphatic rings. The van der Waals surface area contributed by atoms with Crippen molar-refractivity contribution in [3.8, 4) is 10.4 Å². The van der Waals surface area contributed by atoms with Gasteiger partial charge in [0.05, 0.1) is 10.6 Å². The van der Waals surface area contributed by atoms with Gasteiger partial charge in [-0.3, -0.25) is 0 Å². The largest absolute Gasteiger partial charge is 0.128 e. The Balaban J connectivity index is 2.78. The van der Waals surface area contributed by atoms with Crippen molar-refractivity contribution >= 4 is 27.3 Å². The molecule has 2 heteroatoms. The minimum Gasteiger partial charge on any atom is -0.128 e. The van der Waals surface area contributed by atoms with Crippen LogP contribution >= 0.6 is 27.3 Å². The Morgan fingerprint density at radius 3 is 2.50 bits per heavy atom. The molecule has 0 nitrogen and oxygen atoms in total. The molecule has 0 aliphatic carbocycles. The molecule has 60 valence electrons. The second-order valence-electron chi connectivity index (χ2n) is 2.10. The SMILES string of the molecule is [2H]c1c([2H])c([2H])c(-c2ccc(Br)s2)c([2H])c1[2H]. The van der Waals surface area contributed by atoms with Gasteiger partial charge in [-0.25, -0.2) is 0 Å². The molecule has 12 heavy (non-hydrogen) atoms. The van der Waals surface area contributed by atoms with Gasteiger partial charge in [0, 0.05) is 4.88 Å². The topological polar surface area (TPSA) is 0 Å². The minimum atomic E-state index is -0.362. The molecule has 1 aromatic heterocycles. The van der Waals surface area contributed by atoms with Crippen LogP contribution in [0.25, 0.3) is 10.4 Å². The molecule has 0 amide bonds. The first-order valence-corrected chi connectivity index (χ1v) is 4.87. The van der Waals surface area contributed by atoms with Crippen molar-refractivity contribution in [1.29, 1.82) is 0 Å². The first-order chi connectivity index (χ1) is 7.93. The van der Waals surface area contributed by atoms with Gasteiger partial charge in [-0.15, -0.1) is 11.3 Å². The van der Waals surface area contributed by atoms with Crippen molar-refractivity contribution < 1.29 is 6.85 Å². The van der Waals surface area contributed by atoms with E-state index in [0.29, 0.717) is 4.88 Å². The quantitative estimate of drug-likeness (QED) is 0.706. The Labute approximate surface area is 91.0 Å². The van der Waals surface area contributed by atoms with E-state index in [1.807, 2.05) is 0 Å². The van der Waals surface area contributed by atoms with Crippen molar-refractivity contribution in [2.24, 2.45) is 0 Å². The van der Waals surface area contributed by atoms with E-state index < -0.39 is 0 Å². The molecular formula is C10H7BrS. The molecule has 0 N–H and O–H groups in total.